The Balaban J connectivity index is 1.70. The number of aromatic nitrogens is 8. The van der Waals surface area contributed by atoms with Crippen molar-refractivity contribution in [1.82, 2.24) is 39.5 Å². The van der Waals surface area contributed by atoms with Crippen molar-refractivity contribution in [3.8, 4) is 5.95 Å². The predicted octanol–water partition coefficient (Wildman–Crippen LogP) is 0.322. The Morgan fingerprint density at radius 3 is 2.86 bits per heavy atom. The second-order valence-corrected chi connectivity index (χ2v) is 4.86. The maximum Gasteiger partial charge on any atom is 0.256 e. The molecule has 106 valence electrons. The maximum absolute atomic E-state index is 6.00. The van der Waals surface area contributed by atoms with Crippen molar-refractivity contribution in [3.63, 3.8) is 0 Å². The maximum atomic E-state index is 6.00. The zero-order valence-electron chi connectivity index (χ0n) is 10.8. The van der Waals surface area contributed by atoms with Crippen LogP contribution in [0, 0.1) is 0 Å². The van der Waals surface area contributed by atoms with Gasteiger partial charge in [-0.2, -0.15) is 20.1 Å². The van der Waals surface area contributed by atoms with Crippen molar-refractivity contribution < 1.29 is 0 Å². The average Bonchev–Trinajstić information content (AvgIpc) is 3.17. The second kappa shape index (κ2) is 4.77. The van der Waals surface area contributed by atoms with Gasteiger partial charge in [0.2, 0.25) is 11.2 Å². The molecular formula is C11H10ClN9. The molecule has 4 rings (SSSR count). The van der Waals surface area contributed by atoms with Crippen molar-refractivity contribution in [1.29, 1.82) is 0 Å². The number of hydrogen-bond acceptors (Lipinski definition) is 7. The largest absolute Gasteiger partial charge is 0.331 e. The molecule has 3 aromatic rings. The normalized spacial score (nSPS) is 14.2. The van der Waals surface area contributed by atoms with Gasteiger partial charge in [0.05, 0.1) is 6.54 Å². The van der Waals surface area contributed by atoms with Gasteiger partial charge in [0.1, 0.15) is 6.33 Å². The number of nitrogens with zero attached hydrogens (tertiary/aromatic N) is 9. The molecule has 0 aliphatic carbocycles. The number of anilines is 1. The van der Waals surface area contributed by atoms with Gasteiger partial charge in [-0.25, -0.2) is 4.68 Å². The lowest BCUT2D eigenvalue weighted by molar-refractivity contribution is 0.549. The van der Waals surface area contributed by atoms with Crippen molar-refractivity contribution >= 4 is 17.5 Å². The topological polar surface area (TPSA) is 90.4 Å². The first kappa shape index (κ1) is 12.2. The van der Waals surface area contributed by atoms with Crippen molar-refractivity contribution in [3.05, 3.63) is 35.9 Å². The summed E-state index contributed by atoms with van der Waals surface area (Å²) in [4.78, 5) is 14.7. The van der Waals surface area contributed by atoms with E-state index in [9.17, 15) is 0 Å². The zero-order valence-corrected chi connectivity index (χ0v) is 11.6. The highest BCUT2D eigenvalue weighted by Gasteiger charge is 2.21. The quantitative estimate of drug-likeness (QED) is 0.673. The first-order valence-corrected chi connectivity index (χ1v) is 6.70. The lowest BCUT2D eigenvalue weighted by Crippen LogP contribution is -2.35. The van der Waals surface area contributed by atoms with E-state index in [0.29, 0.717) is 18.4 Å². The highest BCUT2D eigenvalue weighted by atomic mass is 35.5. The highest BCUT2D eigenvalue weighted by molar-refractivity contribution is 6.28. The van der Waals surface area contributed by atoms with Crippen LogP contribution in [0.3, 0.4) is 0 Å². The summed E-state index contributed by atoms with van der Waals surface area (Å²) in [6, 6.07) is 1.79. The number of hydrogen-bond donors (Lipinski definition) is 0. The monoisotopic (exact) mass is 303 g/mol. The molecule has 0 saturated heterocycles. The summed E-state index contributed by atoms with van der Waals surface area (Å²) in [7, 11) is 0. The van der Waals surface area contributed by atoms with E-state index < -0.39 is 0 Å². The zero-order chi connectivity index (χ0) is 14.2. The van der Waals surface area contributed by atoms with E-state index in [4.69, 9.17) is 11.6 Å². The fourth-order valence-electron chi connectivity index (χ4n) is 2.20. The first-order valence-electron chi connectivity index (χ1n) is 6.33. The van der Waals surface area contributed by atoms with Crippen LogP contribution in [-0.4, -0.2) is 46.0 Å². The lowest BCUT2D eigenvalue weighted by atomic mass is 10.4. The van der Waals surface area contributed by atoms with Crippen LogP contribution in [0.15, 0.2) is 24.8 Å². The molecule has 0 aromatic carbocycles. The molecule has 4 heterocycles. The van der Waals surface area contributed by atoms with Crippen molar-refractivity contribution in [2.75, 3.05) is 11.4 Å². The van der Waals surface area contributed by atoms with E-state index in [-0.39, 0.29) is 5.28 Å². The van der Waals surface area contributed by atoms with Crippen LogP contribution in [0.25, 0.3) is 5.95 Å². The van der Waals surface area contributed by atoms with Gasteiger partial charge in [-0.3, -0.25) is 0 Å². The molecule has 0 amide bonds. The molecule has 1 aliphatic rings. The Kier molecular flexibility index (Phi) is 2.78. The molecule has 0 radical (unpaired) electrons. The smallest absolute Gasteiger partial charge is 0.256 e. The summed E-state index contributed by atoms with van der Waals surface area (Å²) in [5, 5.41) is 12.2. The van der Waals surface area contributed by atoms with Gasteiger partial charge in [-0.05, 0) is 17.7 Å². The molecule has 0 atom stereocenters. The number of fused-ring (bicyclic) bond motifs is 1. The van der Waals surface area contributed by atoms with Crippen LogP contribution < -0.4 is 4.90 Å². The molecule has 0 spiro atoms. The van der Waals surface area contributed by atoms with Gasteiger partial charge < -0.3 is 9.47 Å². The SMILES string of the molecule is Clc1nc(N2CCn3cnnc3C2)nc(-n2cccn2)n1. The lowest BCUT2D eigenvalue weighted by Gasteiger charge is -2.26. The number of halogens is 1. The Labute approximate surface area is 124 Å². The van der Waals surface area contributed by atoms with Gasteiger partial charge in [-0.15, -0.1) is 10.2 Å². The standard InChI is InChI=1S/C11H10ClN9/c12-9-15-10(17-11(16-9)21-3-1-2-14-21)19-4-5-20-7-13-18-8(20)6-19/h1-3,7H,4-6H2. The molecule has 10 heteroatoms. The van der Waals surface area contributed by atoms with E-state index in [1.165, 1.54) is 0 Å². The minimum atomic E-state index is 0.137. The third-order valence-electron chi connectivity index (χ3n) is 3.22. The Bertz CT molecular complexity index is 766. The van der Waals surface area contributed by atoms with Gasteiger partial charge in [0, 0.05) is 25.5 Å². The molecule has 0 fully saturated rings. The molecule has 0 unspecified atom stereocenters. The minimum Gasteiger partial charge on any atom is -0.331 e. The van der Waals surface area contributed by atoms with Gasteiger partial charge in [0.15, 0.2) is 5.82 Å². The van der Waals surface area contributed by atoms with E-state index in [1.807, 2.05) is 9.47 Å². The third-order valence-corrected chi connectivity index (χ3v) is 3.38. The Morgan fingerprint density at radius 1 is 1.10 bits per heavy atom. The van der Waals surface area contributed by atoms with E-state index in [2.05, 4.69) is 30.2 Å². The fourth-order valence-corrected chi connectivity index (χ4v) is 2.35. The fraction of sp³-hybridized carbons (Fsp3) is 0.273. The molecule has 9 nitrogen and oxygen atoms in total. The Morgan fingerprint density at radius 2 is 2.00 bits per heavy atom. The van der Waals surface area contributed by atoms with Crippen LogP contribution in [0.5, 0.6) is 0 Å². The highest BCUT2D eigenvalue weighted by Crippen LogP contribution is 2.18. The summed E-state index contributed by atoms with van der Waals surface area (Å²) in [5.74, 6) is 1.77. The molecule has 0 N–H and O–H groups in total. The molecule has 0 saturated carbocycles. The van der Waals surface area contributed by atoms with Crippen molar-refractivity contribution in [2.45, 2.75) is 13.1 Å². The summed E-state index contributed by atoms with van der Waals surface area (Å²) in [6.07, 6.45) is 5.13. The minimum absolute atomic E-state index is 0.137. The summed E-state index contributed by atoms with van der Waals surface area (Å²) in [5.41, 5.74) is 0. The van der Waals surface area contributed by atoms with Gasteiger partial charge >= 0.3 is 0 Å². The summed E-state index contributed by atoms with van der Waals surface area (Å²) >= 11 is 6.00. The summed E-state index contributed by atoms with van der Waals surface area (Å²) in [6.45, 7) is 2.12. The Hall–Kier alpha value is -2.55. The number of rotatable bonds is 2. The van der Waals surface area contributed by atoms with Crippen LogP contribution in [-0.2, 0) is 13.1 Å². The van der Waals surface area contributed by atoms with Crippen LogP contribution in [0.2, 0.25) is 5.28 Å². The van der Waals surface area contributed by atoms with Crippen LogP contribution in [0.4, 0.5) is 5.95 Å². The third kappa shape index (κ3) is 2.21. The molecule has 21 heavy (non-hydrogen) atoms. The second-order valence-electron chi connectivity index (χ2n) is 4.52. The van der Waals surface area contributed by atoms with E-state index >= 15 is 0 Å². The molecule has 1 aliphatic heterocycles. The first-order chi connectivity index (χ1) is 10.3. The van der Waals surface area contributed by atoms with Gasteiger partial charge in [0.25, 0.3) is 5.95 Å². The molecule has 0 bridgehead atoms. The van der Waals surface area contributed by atoms with Crippen molar-refractivity contribution in [2.24, 2.45) is 0 Å². The van der Waals surface area contributed by atoms with Crippen LogP contribution >= 0.6 is 11.6 Å². The predicted molar refractivity (Wildman–Crippen MR) is 73.0 cm³/mol. The van der Waals surface area contributed by atoms with Gasteiger partial charge in [-0.1, -0.05) is 0 Å². The van der Waals surface area contributed by atoms with E-state index in [0.717, 1.165) is 18.9 Å². The molecular weight excluding hydrogens is 294 g/mol. The average molecular weight is 304 g/mol. The molecule has 3 aromatic heterocycles. The summed E-state index contributed by atoms with van der Waals surface area (Å²) < 4.78 is 3.55. The van der Waals surface area contributed by atoms with Crippen LogP contribution in [0.1, 0.15) is 5.82 Å². The van der Waals surface area contributed by atoms with E-state index in [1.54, 1.807) is 29.5 Å².